The molecule has 3 aliphatic rings. The molecule has 6 nitrogen and oxygen atoms in total. The van der Waals surface area contributed by atoms with Gasteiger partial charge in [0.1, 0.15) is 24.4 Å². The van der Waals surface area contributed by atoms with Gasteiger partial charge in [0.2, 0.25) is 0 Å². The van der Waals surface area contributed by atoms with Gasteiger partial charge < -0.3 is 28.4 Å². The highest BCUT2D eigenvalue weighted by atomic mass is 127. The summed E-state index contributed by atoms with van der Waals surface area (Å²) in [6.45, 7) is 12.1. The maximum atomic E-state index is 6.26. The number of alkyl halides is 1. The summed E-state index contributed by atoms with van der Waals surface area (Å²) in [5.41, 5.74) is 0. The molecular formula is C18H31IO6. The predicted octanol–water partition coefficient (Wildman–Crippen LogP) is 3.39. The first-order valence-corrected chi connectivity index (χ1v) is 10.6. The van der Waals surface area contributed by atoms with Crippen LogP contribution in [0, 0.1) is 0 Å². The van der Waals surface area contributed by atoms with Gasteiger partial charge in [0.05, 0.1) is 12.7 Å². The summed E-state index contributed by atoms with van der Waals surface area (Å²) in [7, 11) is 0. The summed E-state index contributed by atoms with van der Waals surface area (Å²) in [6.07, 6.45) is 1.15. The molecule has 0 aromatic heterocycles. The monoisotopic (exact) mass is 470 g/mol. The molecule has 3 aliphatic heterocycles. The first-order chi connectivity index (χ1) is 11.5. The minimum Gasteiger partial charge on any atom is -0.348 e. The fourth-order valence-corrected chi connectivity index (χ4v) is 4.32. The Morgan fingerprint density at radius 3 is 1.96 bits per heavy atom. The summed E-state index contributed by atoms with van der Waals surface area (Å²) in [5.74, 6) is -1.90. The van der Waals surface area contributed by atoms with Crippen molar-refractivity contribution in [3.63, 3.8) is 0 Å². The first kappa shape index (κ1) is 20.2. The number of rotatable bonds is 5. The van der Waals surface area contributed by atoms with Crippen LogP contribution in [-0.4, -0.2) is 58.9 Å². The van der Waals surface area contributed by atoms with Gasteiger partial charge in [-0.2, -0.15) is 0 Å². The Morgan fingerprint density at radius 2 is 1.36 bits per heavy atom. The minimum atomic E-state index is -0.685. The second kappa shape index (κ2) is 7.14. The average Bonchev–Trinajstić information content (AvgIpc) is 3.09. The van der Waals surface area contributed by atoms with Gasteiger partial charge in [0.25, 0.3) is 0 Å². The smallest absolute Gasteiger partial charge is 0.164 e. The highest BCUT2D eigenvalue weighted by Crippen LogP contribution is 2.42. The molecule has 3 rings (SSSR count). The second-order valence-electron chi connectivity index (χ2n) is 8.40. The van der Waals surface area contributed by atoms with Crippen LogP contribution in [0.25, 0.3) is 0 Å². The molecule has 0 spiro atoms. The molecule has 3 saturated heterocycles. The third kappa shape index (κ3) is 4.67. The van der Waals surface area contributed by atoms with E-state index in [1.165, 1.54) is 0 Å². The van der Waals surface area contributed by atoms with Gasteiger partial charge in [-0.1, -0.05) is 22.6 Å². The molecule has 3 fully saturated rings. The molecule has 0 N–H and O–H groups in total. The Labute approximate surface area is 164 Å². The lowest BCUT2D eigenvalue weighted by Gasteiger charge is -2.28. The third-order valence-corrected chi connectivity index (χ3v) is 5.49. The van der Waals surface area contributed by atoms with Crippen molar-refractivity contribution in [2.24, 2.45) is 0 Å². The Morgan fingerprint density at radius 1 is 0.760 bits per heavy atom. The fraction of sp³-hybridized carbons (Fsp3) is 1.00. The van der Waals surface area contributed by atoms with Crippen LogP contribution in [0.4, 0.5) is 0 Å². The number of halogens is 1. The summed E-state index contributed by atoms with van der Waals surface area (Å²) < 4.78 is 37.8. The molecule has 0 aliphatic carbocycles. The number of hydrogen-bond donors (Lipinski definition) is 0. The van der Waals surface area contributed by atoms with E-state index in [9.17, 15) is 0 Å². The highest BCUT2D eigenvalue weighted by molar-refractivity contribution is 14.1. The van der Waals surface area contributed by atoms with Crippen LogP contribution in [-0.2, 0) is 28.4 Å². The summed E-state index contributed by atoms with van der Waals surface area (Å²) in [5, 5.41) is 0. The van der Waals surface area contributed by atoms with Crippen LogP contribution >= 0.6 is 22.6 Å². The fourth-order valence-electron chi connectivity index (χ4n) is 3.88. The van der Waals surface area contributed by atoms with Crippen LogP contribution in [0.3, 0.4) is 0 Å². The van der Waals surface area contributed by atoms with Crippen molar-refractivity contribution >= 4 is 22.6 Å². The molecule has 0 radical (unpaired) electrons. The topological polar surface area (TPSA) is 55.4 Å². The molecular weight excluding hydrogens is 439 g/mol. The molecule has 5 atom stereocenters. The quantitative estimate of drug-likeness (QED) is 0.454. The summed E-state index contributed by atoms with van der Waals surface area (Å²) in [4.78, 5) is 0. The summed E-state index contributed by atoms with van der Waals surface area (Å²) in [6, 6.07) is 0. The van der Waals surface area contributed by atoms with Gasteiger partial charge in [-0.25, -0.2) is 0 Å². The van der Waals surface area contributed by atoms with Crippen LogP contribution in [0.1, 0.15) is 54.4 Å². The zero-order valence-corrected chi connectivity index (χ0v) is 18.2. The first-order valence-electron chi connectivity index (χ1n) is 9.11. The van der Waals surface area contributed by atoms with Crippen molar-refractivity contribution in [3.8, 4) is 0 Å². The van der Waals surface area contributed by atoms with Crippen LogP contribution < -0.4 is 0 Å². The number of hydrogen-bond acceptors (Lipinski definition) is 6. The van der Waals surface area contributed by atoms with Gasteiger partial charge in [-0.05, 0) is 58.8 Å². The Balaban J connectivity index is 1.79. The third-order valence-electron chi connectivity index (χ3n) is 4.73. The zero-order chi connectivity index (χ0) is 18.5. The van der Waals surface area contributed by atoms with Gasteiger partial charge in [0, 0.05) is 0 Å². The van der Waals surface area contributed by atoms with Crippen molar-refractivity contribution in [1.82, 2.24) is 0 Å². The van der Waals surface area contributed by atoms with Gasteiger partial charge in [-0.3, -0.25) is 0 Å². The molecule has 0 bridgehead atoms. The van der Waals surface area contributed by atoms with E-state index in [0.29, 0.717) is 6.61 Å². The van der Waals surface area contributed by atoms with Crippen molar-refractivity contribution in [3.05, 3.63) is 0 Å². The SMILES string of the molecule is CC1(C)O[C@H]([C@H]2OC(C)(C)O[C@H]2CCCI)[C@@H]([C@H]2COC(C)(C)O2)O1. The van der Waals surface area contributed by atoms with Crippen molar-refractivity contribution in [1.29, 1.82) is 0 Å². The van der Waals surface area contributed by atoms with Crippen molar-refractivity contribution in [2.45, 2.75) is 102 Å². The molecule has 25 heavy (non-hydrogen) atoms. The van der Waals surface area contributed by atoms with Gasteiger partial charge >= 0.3 is 0 Å². The van der Waals surface area contributed by atoms with Crippen LogP contribution in [0.15, 0.2) is 0 Å². The lowest BCUT2D eigenvalue weighted by Crippen LogP contribution is -2.47. The maximum absolute atomic E-state index is 6.26. The molecule has 0 aromatic carbocycles. The van der Waals surface area contributed by atoms with E-state index in [0.717, 1.165) is 17.3 Å². The van der Waals surface area contributed by atoms with Gasteiger partial charge in [-0.15, -0.1) is 0 Å². The Kier molecular flexibility index (Phi) is 5.78. The normalized spacial score (nSPS) is 42.1. The zero-order valence-electron chi connectivity index (χ0n) is 16.0. The van der Waals surface area contributed by atoms with E-state index >= 15 is 0 Å². The van der Waals surface area contributed by atoms with Gasteiger partial charge in [0.15, 0.2) is 17.4 Å². The summed E-state index contributed by atoms with van der Waals surface area (Å²) >= 11 is 2.39. The van der Waals surface area contributed by atoms with E-state index in [2.05, 4.69) is 22.6 Å². The largest absolute Gasteiger partial charge is 0.348 e. The van der Waals surface area contributed by atoms with Crippen molar-refractivity contribution in [2.75, 3.05) is 11.0 Å². The van der Waals surface area contributed by atoms with E-state index in [1.807, 2.05) is 41.5 Å². The Hall–Kier alpha value is 0.490. The molecule has 0 unspecified atom stereocenters. The van der Waals surface area contributed by atoms with E-state index in [1.54, 1.807) is 0 Å². The Bertz CT molecular complexity index is 480. The molecule has 0 aromatic rings. The molecule has 0 saturated carbocycles. The molecule has 146 valence electrons. The average molecular weight is 470 g/mol. The van der Waals surface area contributed by atoms with E-state index in [4.69, 9.17) is 28.4 Å². The lowest BCUT2D eigenvalue weighted by molar-refractivity contribution is -0.178. The van der Waals surface area contributed by atoms with Crippen molar-refractivity contribution < 1.29 is 28.4 Å². The van der Waals surface area contributed by atoms with E-state index < -0.39 is 17.4 Å². The standard InChI is InChI=1S/C18H31IO6/c1-16(2)20-10-12(22-16)14-15(25-18(5,6)24-14)13-11(8-7-9-19)21-17(3,4)23-13/h11-15H,7-10H2,1-6H3/t11-,12+,13-,14+,15+/m0/s1. The highest BCUT2D eigenvalue weighted by Gasteiger charge is 2.57. The second-order valence-corrected chi connectivity index (χ2v) is 9.48. The predicted molar refractivity (Wildman–Crippen MR) is 101 cm³/mol. The lowest BCUT2D eigenvalue weighted by atomic mass is 9.97. The van der Waals surface area contributed by atoms with Crippen LogP contribution in [0.2, 0.25) is 0 Å². The minimum absolute atomic E-state index is 0.00917. The van der Waals surface area contributed by atoms with E-state index in [-0.39, 0.29) is 30.5 Å². The molecule has 0 amide bonds. The maximum Gasteiger partial charge on any atom is 0.164 e. The molecule has 3 heterocycles. The number of ether oxygens (including phenoxy) is 6. The molecule has 7 heteroatoms. The van der Waals surface area contributed by atoms with Crippen LogP contribution in [0.5, 0.6) is 0 Å².